The lowest BCUT2D eigenvalue weighted by atomic mass is 10.1. The molecule has 1 aliphatic heterocycles. The molecule has 0 bridgehead atoms. The molecule has 0 aliphatic carbocycles. The van der Waals surface area contributed by atoms with Gasteiger partial charge in [-0.05, 0) is 36.8 Å². The molecule has 1 fully saturated rings. The number of anilines is 1. The third-order valence-corrected chi connectivity index (χ3v) is 4.94. The quantitative estimate of drug-likeness (QED) is 0.728. The number of aromatic nitrogens is 1. The van der Waals surface area contributed by atoms with Gasteiger partial charge in [-0.1, -0.05) is 23.7 Å². The largest absolute Gasteiger partial charge is 0.340 e. The minimum atomic E-state index is -0.723. The Balaban J connectivity index is 1.51. The topological polar surface area (TPSA) is 62.3 Å². The molecule has 1 aromatic heterocycles. The van der Waals surface area contributed by atoms with Crippen LogP contribution in [0.4, 0.5) is 14.5 Å². The number of pyridine rings is 1. The second kappa shape index (κ2) is 7.16. The summed E-state index contributed by atoms with van der Waals surface area (Å²) in [6.45, 7) is 0.368. The van der Waals surface area contributed by atoms with Crippen molar-refractivity contribution in [2.24, 2.45) is 0 Å². The fourth-order valence-electron chi connectivity index (χ4n) is 3.21. The van der Waals surface area contributed by atoms with E-state index < -0.39 is 23.6 Å². The van der Waals surface area contributed by atoms with E-state index in [2.05, 4.69) is 10.3 Å². The molecule has 1 unspecified atom stereocenters. The number of hydrogen-bond donors (Lipinski definition) is 1. The summed E-state index contributed by atoms with van der Waals surface area (Å²) in [5, 5.41) is 3.10. The van der Waals surface area contributed by atoms with Crippen molar-refractivity contribution in [2.45, 2.75) is 12.5 Å². The number of carbonyl (C=O) groups excluding carboxylic acids is 2. The molecule has 2 aromatic carbocycles. The maximum absolute atomic E-state index is 13.7. The Hall–Kier alpha value is -3.06. The van der Waals surface area contributed by atoms with E-state index in [4.69, 9.17) is 11.6 Å². The summed E-state index contributed by atoms with van der Waals surface area (Å²) >= 11 is 5.78. The summed E-state index contributed by atoms with van der Waals surface area (Å²) in [6, 6.07) is 9.32. The summed E-state index contributed by atoms with van der Waals surface area (Å²) in [5.74, 6) is -1.82. The third-order valence-electron chi connectivity index (χ3n) is 4.65. The molecule has 1 saturated heterocycles. The summed E-state index contributed by atoms with van der Waals surface area (Å²) in [5.41, 5.74) is 0.875. The Labute approximate surface area is 163 Å². The van der Waals surface area contributed by atoms with E-state index in [1.54, 1.807) is 6.07 Å². The molecule has 28 heavy (non-hydrogen) atoms. The number of para-hydroxylation sites is 1. The van der Waals surface area contributed by atoms with Gasteiger partial charge in [0, 0.05) is 23.8 Å². The van der Waals surface area contributed by atoms with E-state index >= 15 is 0 Å². The maximum Gasteiger partial charge on any atom is 0.253 e. The second-order valence-electron chi connectivity index (χ2n) is 6.44. The molecular weight excluding hydrogens is 388 g/mol. The first-order valence-corrected chi connectivity index (χ1v) is 8.93. The molecule has 0 saturated carbocycles. The molecule has 2 heterocycles. The molecule has 142 valence electrons. The number of nitrogens with zero attached hydrogens (tertiary/aromatic N) is 2. The molecule has 4 rings (SSSR count). The van der Waals surface area contributed by atoms with Crippen LogP contribution in [0.15, 0.2) is 48.7 Å². The predicted octanol–water partition coefficient (Wildman–Crippen LogP) is 3.70. The Morgan fingerprint density at radius 3 is 2.79 bits per heavy atom. The van der Waals surface area contributed by atoms with Crippen LogP contribution in [0, 0.1) is 11.6 Å². The first-order chi connectivity index (χ1) is 13.4. The highest BCUT2D eigenvalue weighted by molar-refractivity contribution is 6.31. The van der Waals surface area contributed by atoms with Gasteiger partial charge in [0.2, 0.25) is 5.91 Å². The molecular formula is C20H14ClF2N3O2. The highest BCUT2D eigenvalue weighted by atomic mass is 35.5. The van der Waals surface area contributed by atoms with E-state index in [9.17, 15) is 18.4 Å². The van der Waals surface area contributed by atoms with Crippen molar-refractivity contribution in [3.05, 3.63) is 70.9 Å². The number of halogens is 3. The van der Waals surface area contributed by atoms with E-state index in [0.29, 0.717) is 24.0 Å². The Kier molecular flexibility index (Phi) is 4.68. The number of amides is 2. The van der Waals surface area contributed by atoms with Crippen LogP contribution in [0.1, 0.15) is 16.8 Å². The van der Waals surface area contributed by atoms with Crippen molar-refractivity contribution < 1.29 is 18.4 Å². The Morgan fingerprint density at radius 1 is 1.18 bits per heavy atom. The maximum atomic E-state index is 13.7. The van der Waals surface area contributed by atoms with E-state index in [0.717, 1.165) is 0 Å². The molecule has 2 amide bonds. The predicted molar refractivity (Wildman–Crippen MR) is 101 cm³/mol. The van der Waals surface area contributed by atoms with Gasteiger partial charge in [-0.2, -0.15) is 0 Å². The molecule has 0 spiro atoms. The lowest BCUT2D eigenvalue weighted by molar-refractivity contribution is -0.118. The van der Waals surface area contributed by atoms with Gasteiger partial charge >= 0.3 is 0 Å². The van der Waals surface area contributed by atoms with Crippen molar-refractivity contribution in [3.63, 3.8) is 0 Å². The first-order valence-electron chi connectivity index (χ1n) is 8.55. The number of benzene rings is 2. The first kappa shape index (κ1) is 18.3. The van der Waals surface area contributed by atoms with Crippen LogP contribution in [0.5, 0.6) is 0 Å². The fourth-order valence-corrected chi connectivity index (χ4v) is 3.39. The fraction of sp³-hybridized carbons (Fsp3) is 0.150. The number of rotatable bonds is 3. The van der Waals surface area contributed by atoms with Gasteiger partial charge in [-0.25, -0.2) is 8.78 Å². The molecule has 5 nitrogen and oxygen atoms in total. The second-order valence-corrected chi connectivity index (χ2v) is 6.85. The zero-order valence-electron chi connectivity index (χ0n) is 14.5. The third kappa shape index (κ3) is 3.29. The zero-order valence-corrected chi connectivity index (χ0v) is 15.2. The van der Waals surface area contributed by atoms with Crippen molar-refractivity contribution in [1.82, 2.24) is 10.3 Å². The summed E-state index contributed by atoms with van der Waals surface area (Å²) in [7, 11) is 0. The zero-order chi connectivity index (χ0) is 19.8. The standard InChI is InChI=1S/C20H14ClF2N3O2/c21-14-9-13(4-5-15(14)22)26-7-6-17(20(26)28)25-19(27)12-8-11-2-1-3-16(23)18(11)24-10-12/h1-5,8-10,17H,6-7H2,(H,25,27). The van der Waals surface area contributed by atoms with Crippen molar-refractivity contribution in [2.75, 3.05) is 11.4 Å². The van der Waals surface area contributed by atoms with Crippen LogP contribution in [0.3, 0.4) is 0 Å². The SMILES string of the molecule is O=C(NC1CCN(c2ccc(F)c(Cl)c2)C1=O)c1cnc2c(F)cccc2c1. The average Bonchev–Trinajstić information content (AvgIpc) is 3.04. The van der Waals surface area contributed by atoms with Crippen LogP contribution >= 0.6 is 11.6 Å². The minimum Gasteiger partial charge on any atom is -0.340 e. The van der Waals surface area contributed by atoms with Gasteiger partial charge in [0.05, 0.1) is 10.6 Å². The van der Waals surface area contributed by atoms with Crippen molar-refractivity contribution >= 4 is 40.0 Å². The summed E-state index contributed by atoms with van der Waals surface area (Å²) < 4.78 is 27.0. The summed E-state index contributed by atoms with van der Waals surface area (Å²) in [6.07, 6.45) is 1.67. The van der Waals surface area contributed by atoms with Crippen molar-refractivity contribution in [3.8, 4) is 0 Å². The van der Waals surface area contributed by atoms with Gasteiger partial charge in [0.15, 0.2) is 0 Å². The normalized spacial score (nSPS) is 16.6. The molecule has 1 atom stereocenters. The molecule has 8 heteroatoms. The highest BCUT2D eigenvalue weighted by Gasteiger charge is 2.34. The van der Waals surface area contributed by atoms with Gasteiger partial charge in [-0.3, -0.25) is 14.6 Å². The van der Waals surface area contributed by atoms with E-state index in [1.807, 2.05) is 0 Å². The number of nitrogens with one attached hydrogen (secondary N) is 1. The molecule has 1 aliphatic rings. The van der Waals surface area contributed by atoms with Gasteiger partial charge in [-0.15, -0.1) is 0 Å². The Morgan fingerprint density at radius 2 is 2.00 bits per heavy atom. The monoisotopic (exact) mass is 401 g/mol. The van der Waals surface area contributed by atoms with Crippen LogP contribution < -0.4 is 10.2 Å². The van der Waals surface area contributed by atoms with E-state index in [-0.39, 0.29) is 22.0 Å². The lowest BCUT2D eigenvalue weighted by Gasteiger charge is -2.17. The van der Waals surface area contributed by atoms with Gasteiger partial charge in [0.1, 0.15) is 23.2 Å². The minimum absolute atomic E-state index is 0.0766. The van der Waals surface area contributed by atoms with Crippen LogP contribution in [0.2, 0.25) is 5.02 Å². The van der Waals surface area contributed by atoms with E-state index in [1.165, 1.54) is 47.5 Å². The van der Waals surface area contributed by atoms with Crippen LogP contribution in [-0.4, -0.2) is 29.4 Å². The van der Waals surface area contributed by atoms with Gasteiger partial charge < -0.3 is 10.2 Å². The van der Waals surface area contributed by atoms with Crippen LogP contribution in [-0.2, 0) is 4.79 Å². The Bertz CT molecular complexity index is 1110. The molecule has 1 N–H and O–H groups in total. The van der Waals surface area contributed by atoms with Crippen molar-refractivity contribution in [1.29, 1.82) is 0 Å². The molecule has 3 aromatic rings. The lowest BCUT2D eigenvalue weighted by Crippen LogP contribution is -2.41. The van der Waals surface area contributed by atoms with Gasteiger partial charge in [0.25, 0.3) is 5.91 Å². The number of carbonyl (C=O) groups is 2. The number of fused-ring (bicyclic) bond motifs is 1. The smallest absolute Gasteiger partial charge is 0.253 e. The number of hydrogen-bond acceptors (Lipinski definition) is 3. The summed E-state index contributed by atoms with van der Waals surface area (Å²) in [4.78, 5) is 30.6. The molecule has 0 radical (unpaired) electrons. The highest BCUT2D eigenvalue weighted by Crippen LogP contribution is 2.26. The average molecular weight is 402 g/mol. The van der Waals surface area contributed by atoms with Crippen LogP contribution in [0.25, 0.3) is 10.9 Å².